The largest absolute Gasteiger partial charge is 0.486 e. The molecule has 1 aromatic carbocycles. The Labute approximate surface area is 173 Å². The van der Waals surface area contributed by atoms with Crippen LogP contribution < -0.4 is 14.8 Å². The minimum atomic E-state index is -0.255. The van der Waals surface area contributed by atoms with E-state index in [-0.39, 0.29) is 35.5 Å². The zero-order valence-corrected chi connectivity index (χ0v) is 18.2. The average Bonchev–Trinajstić information content (AvgIpc) is 3.04. The number of guanidine groups is 1. The van der Waals surface area contributed by atoms with E-state index in [2.05, 4.69) is 43.1 Å². The Balaban J connectivity index is 0.00000243. The molecule has 26 heavy (non-hydrogen) atoms. The van der Waals surface area contributed by atoms with Crippen LogP contribution in [-0.4, -0.2) is 61.5 Å². The van der Waals surface area contributed by atoms with Gasteiger partial charge in [-0.1, -0.05) is 19.9 Å². The molecular weight excluding hydrogens is 445 g/mol. The molecule has 0 radical (unpaired) electrons. The number of likely N-dealkylation sites (tertiary alicyclic amines) is 1. The Morgan fingerprint density at radius 2 is 2.04 bits per heavy atom. The van der Waals surface area contributed by atoms with Gasteiger partial charge in [0.1, 0.15) is 13.2 Å². The van der Waals surface area contributed by atoms with Crippen LogP contribution in [0.4, 0.5) is 0 Å². The minimum Gasteiger partial charge on any atom is -0.486 e. The molecule has 0 bridgehead atoms. The van der Waals surface area contributed by atoms with E-state index in [1.165, 1.54) is 5.56 Å². The third kappa shape index (κ3) is 4.94. The topological polar surface area (TPSA) is 66.3 Å². The molecule has 7 heteroatoms. The van der Waals surface area contributed by atoms with Gasteiger partial charge in [-0.3, -0.25) is 4.99 Å². The summed E-state index contributed by atoms with van der Waals surface area (Å²) in [5.74, 6) is 2.51. The van der Waals surface area contributed by atoms with Crippen molar-refractivity contribution in [3.05, 3.63) is 23.8 Å². The number of benzene rings is 1. The van der Waals surface area contributed by atoms with Crippen LogP contribution >= 0.6 is 24.0 Å². The molecule has 2 aliphatic rings. The van der Waals surface area contributed by atoms with Gasteiger partial charge >= 0.3 is 0 Å². The number of aliphatic hydroxyl groups is 1. The highest BCUT2D eigenvalue weighted by atomic mass is 127. The van der Waals surface area contributed by atoms with Crippen molar-refractivity contribution in [1.29, 1.82) is 0 Å². The number of hydrogen-bond donors (Lipinski definition) is 2. The first-order valence-corrected chi connectivity index (χ1v) is 9.11. The second-order valence-corrected chi connectivity index (χ2v) is 7.30. The lowest BCUT2D eigenvalue weighted by molar-refractivity contribution is 0.171. The first kappa shape index (κ1) is 21.1. The summed E-state index contributed by atoms with van der Waals surface area (Å²) in [7, 11) is 0. The van der Waals surface area contributed by atoms with Gasteiger partial charge in [-0.2, -0.15) is 0 Å². The Kier molecular flexibility index (Phi) is 7.40. The van der Waals surface area contributed by atoms with E-state index in [4.69, 9.17) is 14.5 Å². The van der Waals surface area contributed by atoms with E-state index in [0.717, 1.165) is 37.0 Å². The van der Waals surface area contributed by atoms with Crippen LogP contribution in [0.3, 0.4) is 0 Å². The lowest BCUT2D eigenvalue weighted by Gasteiger charge is -2.27. The third-order valence-electron chi connectivity index (χ3n) is 4.75. The van der Waals surface area contributed by atoms with E-state index < -0.39 is 0 Å². The van der Waals surface area contributed by atoms with Crippen LogP contribution in [0.15, 0.2) is 23.2 Å². The van der Waals surface area contributed by atoms with Crippen LogP contribution in [0.2, 0.25) is 0 Å². The highest BCUT2D eigenvalue weighted by Gasteiger charge is 2.26. The van der Waals surface area contributed by atoms with Gasteiger partial charge in [-0.05, 0) is 31.0 Å². The molecule has 0 spiro atoms. The fourth-order valence-electron chi connectivity index (χ4n) is 3.19. The fraction of sp³-hybridized carbons (Fsp3) is 0.632. The van der Waals surface area contributed by atoms with Crippen LogP contribution in [0, 0.1) is 0 Å². The van der Waals surface area contributed by atoms with E-state index >= 15 is 0 Å². The molecule has 3 rings (SSSR count). The minimum absolute atomic E-state index is 0. The maximum atomic E-state index is 9.79. The lowest BCUT2D eigenvalue weighted by Crippen LogP contribution is -2.41. The molecule has 0 saturated carbocycles. The van der Waals surface area contributed by atoms with Crippen LogP contribution in [-0.2, 0) is 5.41 Å². The van der Waals surface area contributed by atoms with Gasteiger partial charge in [-0.25, -0.2) is 0 Å². The number of halogens is 1. The smallest absolute Gasteiger partial charge is 0.194 e. The van der Waals surface area contributed by atoms with Crippen LogP contribution in [0.5, 0.6) is 11.5 Å². The summed E-state index contributed by atoms with van der Waals surface area (Å²) < 4.78 is 11.3. The van der Waals surface area contributed by atoms with Gasteiger partial charge < -0.3 is 24.8 Å². The normalized spacial score (nSPS) is 19.9. The van der Waals surface area contributed by atoms with Gasteiger partial charge in [0.15, 0.2) is 17.5 Å². The summed E-state index contributed by atoms with van der Waals surface area (Å²) in [6.45, 7) is 10.6. The summed E-state index contributed by atoms with van der Waals surface area (Å²) in [6.07, 6.45) is 0.547. The maximum absolute atomic E-state index is 9.79. The molecular formula is C19H30IN3O3. The monoisotopic (exact) mass is 475 g/mol. The molecule has 6 nitrogen and oxygen atoms in total. The van der Waals surface area contributed by atoms with Crippen molar-refractivity contribution in [2.45, 2.75) is 38.7 Å². The van der Waals surface area contributed by atoms with Crippen molar-refractivity contribution in [2.24, 2.45) is 4.99 Å². The van der Waals surface area contributed by atoms with Gasteiger partial charge in [0.2, 0.25) is 0 Å². The van der Waals surface area contributed by atoms with E-state index in [1.807, 2.05) is 6.07 Å². The molecule has 2 aliphatic heterocycles. The molecule has 0 unspecified atom stereocenters. The van der Waals surface area contributed by atoms with Gasteiger partial charge in [0.05, 0.1) is 12.6 Å². The van der Waals surface area contributed by atoms with Gasteiger partial charge in [0.25, 0.3) is 0 Å². The predicted octanol–water partition coefficient (Wildman–Crippen LogP) is 2.39. The molecule has 2 heterocycles. The Hall–Kier alpha value is -1.22. The Morgan fingerprint density at radius 1 is 1.31 bits per heavy atom. The second kappa shape index (κ2) is 9.12. The molecule has 0 amide bonds. The van der Waals surface area contributed by atoms with E-state index in [0.29, 0.717) is 26.3 Å². The molecule has 2 N–H and O–H groups in total. The quantitative estimate of drug-likeness (QED) is 0.398. The molecule has 1 fully saturated rings. The Bertz CT molecular complexity index is 636. The average molecular weight is 475 g/mol. The molecule has 1 aromatic rings. The third-order valence-corrected chi connectivity index (χ3v) is 4.75. The van der Waals surface area contributed by atoms with Gasteiger partial charge in [0, 0.05) is 25.0 Å². The van der Waals surface area contributed by atoms with Crippen molar-refractivity contribution in [2.75, 3.05) is 39.4 Å². The maximum Gasteiger partial charge on any atom is 0.194 e. The lowest BCUT2D eigenvalue weighted by atomic mass is 9.84. The number of fused-ring (bicyclic) bond motifs is 1. The number of aliphatic hydroxyl groups excluding tert-OH is 1. The van der Waals surface area contributed by atoms with Crippen molar-refractivity contribution in [3.63, 3.8) is 0 Å². The zero-order valence-electron chi connectivity index (χ0n) is 15.8. The molecule has 146 valence electrons. The van der Waals surface area contributed by atoms with Gasteiger partial charge in [-0.15, -0.1) is 24.0 Å². The first-order chi connectivity index (χ1) is 12.0. The summed E-state index contributed by atoms with van der Waals surface area (Å²) in [5, 5.41) is 13.1. The SMILES string of the molecule is CCNC(=NCC(C)(C)c1ccc2c(c1)OCCO2)N1CC[C@@H](O)C1.I. The number of aliphatic imine (C=N–C) groups is 1. The fourth-order valence-corrected chi connectivity index (χ4v) is 3.19. The highest BCUT2D eigenvalue weighted by molar-refractivity contribution is 14.0. The number of β-amino-alcohol motifs (C(OH)–C–C–N with tert-alkyl or cyclic N) is 1. The standard InChI is InChI=1S/C19H29N3O3.HI/c1-4-20-18(22-8-7-15(23)12-22)21-13-19(2,3)14-5-6-16-17(11-14)25-10-9-24-16;/h5-6,11,15,23H,4,7-10,12-13H2,1-3H3,(H,20,21);1H/t15-;/m1./s1. The summed E-state index contributed by atoms with van der Waals surface area (Å²) >= 11 is 0. The number of hydrogen-bond acceptors (Lipinski definition) is 4. The van der Waals surface area contributed by atoms with Crippen LogP contribution in [0.25, 0.3) is 0 Å². The number of nitrogens with zero attached hydrogens (tertiary/aromatic N) is 2. The number of rotatable bonds is 4. The predicted molar refractivity (Wildman–Crippen MR) is 114 cm³/mol. The first-order valence-electron chi connectivity index (χ1n) is 9.11. The summed E-state index contributed by atoms with van der Waals surface area (Å²) in [4.78, 5) is 6.97. The molecule has 1 saturated heterocycles. The van der Waals surface area contributed by atoms with E-state index in [9.17, 15) is 5.11 Å². The van der Waals surface area contributed by atoms with Crippen molar-refractivity contribution >= 4 is 29.9 Å². The van der Waals surface area contributed by atoms with E-state index in [1.54, 1.807) is 0 Å². The second-order valence-electron chi connectivity index (χ2n) is 7.30. The number of nitrogens with one attached hydrogen (secondary N) is 1. The number of ether oxygens (including phenoxy) is 2. The molecule has 0 aromatic heterocycles. The summed E-state index contributed by atoms with van der Waals surface area (Å²) in [5.41, 5.74) is 1.05. The highest BCUT2D eigenvalue weighted by Crippen LogP contribution is 2.35. The zero-order chi connectivity index (χ0) is 17.9. The summed E-state index contributed by atoms with van der Waals surface area (Å²) in [6, 6.07) is 6.14. The van der Waals surface area contributed by atoms with Crippen molar-refractivity contribution in [3.8, 4) is 11.5 Å². The Morgan fingerprint density at radius 3 is 2.69 bits per heavy atom. The molecule has 0 aliphatic carbocycles. The van der Waals surface area contributed by atoms with Crippen LogP contribution in [0.1, 0.15) is 32.8 Å². The molecule has 1 atom stereocenters. The van der Waals surface area contributed by atoms with Crippen molar-refractivity contribution in [1.82, 2.24) is 10.2 Å². The van der Waals surface area contributed by atoms with Crippen molar-refractivity contribution < 1.29 is 14.6 Å².